The van der Waals surface area contributed by atoms with Gasteiger partial charge in [-0.1, -0.05) is 13.3 Å². The Hall–Kier alpha value is -1.08. The molecule has 4 heteroatoms. The van der Waals surface area contributed by atoms with Crippen molar-refractivity contribution in [3.63, 3.8) is 0 Å². The number of likely N-dealkylation sites (tertiary alicyclic amines) is 1. The van der Waals surface area contributed by atoms with Crippen LogP contribution in [-0.2, 0) is 4.79 Å². The lowest BCUT2D eigenvalue weighted by atomic mass is 9.96. The Morgan fingerprint density at radius 3 is 3.06 bits per heavy atom. The van der Waals surface area contributed by atoms with Gasteiger partial charge in [0.15, 0.2) is 0 Å². The summed E-state index contributed by atoms with van der Waals surface area (Å²) in [6.07, 6.45) is 4.15. The molecule has 0 bridgehead atoms. The standard InChI is InChI=1S/C13H19N3O/c1-2-8-3-4-15-12(8)13(17)16-10(7-14)5-9-6-11(9)16/h8-12,15H,2-6H2,1H3/t8?,9-,10+,11+,12+/m1/s1. The molecule has 3 rings (SSSR count). The van der Waals surface area contributed by atoms with Crippen LogP contribution < -0.4 is 5.32 Å². The average molecular weight is 233 g/mol. The molecule has 0 aromatic heterocycles. The van der Waals surface area contributed by atoms with Gasteiger partial charge in [0.25, 0.3) is 0 Å². The first-order valence-electron chi connectivity index (χ1n) is 6.71. The fraction of sp³-hybridized carbons (Fsp3) is 0.846. The topological polar surface area (TPSA) is 56.1 Å². The van der Waals surface area contributed by atoms with Gasteiger partial charge < -0.3 is 10.2 Å². The van der Waals surface area contributed by atoms with Gasteiger partial charge >= 0.3 is 0 Å². The molecular weight excluding hydrogens is 214 g/mol. The molecule has 0 aromatic carbocycles. The van der Waals surface area contributed by atoms with Crippen molar-refractivity contribution in [2.24, 2.45) is 11.8 Å². The van der Waals surface area contributed by atoms with Crippen molar-refractivity contribution in [3.05, 3.63) is 0 Å². The average Bonchev–Trinajstić information content (AvgIpc) is 2.82. The van der Waals surface area contributed by atoms with E-state index in [4.69, 9.17) is 5.26 Å². The number of fused-ring (bicyclic) bond motifs is 1. The Balaban J connectivity index is 1.75. The van der Waals surface area contributed by atoms with E-state index in [2.05, 4.69) is 18.3 Å². The number of hydrogen-bond acceptors (Lipinski definition) is 3. The third-order valence-electron chi connectivity index (χ3n) is 4.65. The van der Waals surface area contributed by atoms with E-state index >= 15 is 0 Å². The molecule has 3 aliphatic rings. The van der Waals surface area contributed by atoms with E-state index in [0.717, 1.165) is 32.2 Å². The summed E-state index contributed by atoms with van der Waals surface area (Å²) in [5, 5.41) is 12.4. The summed E-state index contributed by atoms with van der Waals surface area (Å²) in [5.41, 5.74) is 0. The minimum atomic E-state index is -0.161. The molecular formula is C13H19N3O. The molecule has 0 radical (unpaired) electrons. The maximum atomic E-state index is 12.5. The van der Waals surface area contributed by atoms with Crippen LogP contribution >= 0.6 is 0 Å². The summed E-state index contributed by atoms with van der Waals surface area (Å²) in [4.78, 5) is 14.4. The first kappa shape index (κ1) is 11.0. The van der Waals surface area contributed by atoms with E-state index in [1.165, 1.54) is 0 Å². The van der Waals surface area contributed by atoms with E-state index < -0.39 is 0 Å². The number of rotatable bonds is 2. The van der Waals surface area contributed by atoms with Crippen LogP contribution in [0.1, 0.15) is 32.6 Å². The smallest absolute Gasteiger partial charge is 0.241 e. The van der Waals surface area contributed by atoms with Gasteiger partial charge in [0.2, 0.25) is 5.91 Å². The van der Waals surface area contributed by atoms with Crippen LogP contribution in [0.5, 0.6) is 0 Å². The molecule has 2 aliphatic heterocycles. The zero-order valence-electron chi connectivity index (χ0n) is 10.2. The van der Waals surface area contributed by atoms with Gasteiger partial charge in [-0.25, -0.2) is 0 Å². The number of piperidine rings is 1. The molecule has 1 unspecified atom stereocenters. The molecule has 5 atom stereocenters. The van der Waals surface area contributed by atoms with Gasteiger partial charge in [-0.05, 0) is 37.6 Å². The molecule has 1 saturated carbocycles. The maximum absolute atomic E-state index is 12.5. The molecule has 1 aliphatic carbocycles. The molecule has 0 aromatic rings. The molecule has 2 heterocycles. The van der Waals surface area contributed by atoms with Crippen molar-refractivity contribution in [1.29, 1.82) is 5.26 Å². The highest BCUT2D eigenvalue weighted by Crippen LogP contribution is 2.48. The number of hydrogen-bond donors (Lipinski definition) is 1. The highest BCUT2D eigenvalue weighted by Gasteiger charge is 2.55. The monoisotopic (exact) mass is 233 g/mol. The second kappa shape index (κ2) is 3.99. The van der Waals surface area contributed by atoms with Gasteiger partial charge in [-0.15, -0.1) is 0 Å². The number of amides is 1. The number of carbonyl (C=O) groups excluding carboxylic acids is 1. The summed E-state index contributed by atoms with van der Waals surface area (Å²) in [6.45, 7) is 3.08. The summed E-state index contributed by atoms with van der Waals surface area (Å²) >= 11 is 0. The first-order valence-corrected chi connectivity index (χ1v) is 6.71. The zero-order valence-corrected chi connectivity index (χ0v) is 10.2. The van der Waals surface area contributed by atoms with E-state index in [0.29, 0.717) is 17.9 Å². The minimum absolute atomic E-state index is 0.0322. The highest BCUT2D eigenvalue weighted by molar-refractivity contribution is 5.84. The first-order chi connectivity index (χ1) is 8.26. The number of nitrogens with zero attached hydrogens (tertiary/aromatic N) is 2. The van der Waals surface area contributed by atoms with Crippen molar-refractivity contribution in [1.82, 2.24) is 10.2 Å². The number of nitriles is 1. The van der Waals surface area contributed by atoms with E-state index in [1.54, 1.807) is 0 Å². The Morgan fingerprint density at radius 2 is 2.35 bits per heavy atom. The highest BCUT2D eigenvalue weighted by atomic mass is 16.2. The van der Waals surface area contributed by atoms with Crippen LogP contribution in [0.15, 0.2) is 0 Å². The van der Waals surface area contributed by atoms with Crippen molar-refractivity contribution in [2.45, 2.75) is 50.7 Å². The zero-order chi connectivity index (χ0) is 12.0. The molecule has 17 heavy (non-hydrogen) atoms. The fourth-order valence-electron chi connectivity index (χ4n) is 3.54. The third-order valence-corrected chi connectivity index (χ3v) is 4.65. The van der Waals surface area contributed by atoms with Crippen LogP contribution in [0.2, 0.25) is 0 Å². The summed E-state index contributed by atoms with van der Waals surface area (Å²) in [5.74, 6) is 1.26. The van der Waals surface area contributed by atoms with Crippen molar-refractivity contribution < 1.29 is 4.79 Å². The van der Waals surface area contributed by atoms with Gasteiger partial charge in [-0.2, -0.15) is 5.26 Å². The SMILES string of the molecule is CCC1CCN[C@@H]1C(=O)N1[C@H](C#N)C[C@@H]2C[C@@H]21. The molecule has 1 amide bonds. The lowest BCUT2D eigenvalue weighted by molar-refractivity contribution is -0.135. The van der Waals surface area contributed by atoms with E-state index in [-0.39, 0.29) is 18.0 Å². The number of nitrogens with one attached hydrogen (secondary N) is 1. The Labute approximate surface area is 102 Å². The lowest BCUT2D eigenvalue weighted by Gasteiger charge is -2.28. The maximum Gasteiger partial charge on any atom is 0.241 e. The van der Waals surface area contributed by atoms with Gasteiger partial charge in [-0.3, -0.25) is 4.79 Å². The van der Waals surface area contributed by atoms with Gasteiger partial charge in [0.1, 0.15) is 6.04 Å². The van der Waals surface area contributed by atoms with Crippen molar-refractivity contribution in [2.75, 3.05) is 6.54 Å². The molecule has 0 spiro atoms. The molecule has 1 N–H and O–H groups in total. The summed E-state index contributed by atoms with van der Waals surface area (Å²) in [6, 6.07) is 2.48. The summed E-state index contributed by atoms with van der Waals surface area (Å²) in [7, 11) is 0. The third kappa shape index (κ3) is 1.64. The van der Waals surface area contributed by atoms with Crippen LogP contribution in [0.4, 0.5) is 0 Å². The molecule has 2 saturated heterocycles. The van der Waals surface area contributed by atoms with Gasteiger partial charge in [0, 0.05) is 6.04 Å². The van der Waals surface area contributed by atoms with Crippen molar-refractivity contribution >= 4 is 5.91 Å². The lowest BCUT2D eigenvalue weighted by Crippen LogP contribution is -2.49. The summed E-state index contributed by atoms with van der Waals surface area (Å²) < 4.78 is 0. The quantitative estimate of drug-likeness (QED) is 0.770. The van der Waals surface area contributed by atoms with E-state index in [9.17, 15) is 4.79 Å². The normalized spacial score (nSPS) is 43.3. The largest absolute Gasteiger partial charge is 0.322 e. The predicted octanol–water partition coefficient (Wildman–Crippen LogP) is 0.887. The second-order valence-electron chi connectivity index (χ2n) is 5.58. The van der Waals surface area contributed by atoms with E-state index in [1.807, 2.05) is 4.90 Å². The Bertz CT molecular complexity index is 375. The van der Waals surface area contributed by atoms with Gasteiger partial charge in [0.05, 0.1) is 12.1 Å². The second-order valence-corrected chi connectivity index (χ2v) is 5.58. The van der Waals surface area contributed by atoms with Crippen LogP contribution in [0.25, 0.3) is 0 Å². The molecule has 4 nitrogen and oxygen atoms in total. The predicted molar refractivity (Wildman–Crippen MR) is 62.9 cm³/mol. The van der Waals surface area contributed by atoms with Crippen LogP contribution in [0, 0.1) is 23.2 Å². The molecule has 92 valence electrons. The number of carbonyl (C=O) groups is 1. The fourth-order valence-corrected chi connectivity index (χ4v) is 3.54. The van der Waals surface area contributed by atoms with Crippen LogP contribution in [-0.4, -0.2) is 35.5 Å². The molecule has 3 fully saturated rings. The Kier molecular flexibility index (Phi) is 2.59. The Morgan fingerprint density at radius 1 is 1.53 bits per heavy atom. The minimum Gasteiger partial charge on any atom is -0.322 e. The van der Waals surface area contributed by atoms with Crippen molar-refractivity contribution in [3.8, 4) is 6.07 Å². The van der Waals surface area contributed by atoms with Crippen LogP contribution in [0.3, 0.4) is 0 Å².